The van der Waals surface area contributed by atoms with Crippen molar-refractivity contribution in [3.8, 4) is 11.5 Å². The third-order valence-electron chi connectivity index (χ3n) is 4.00. The molecule has 6 nitrogen and oxygen atoms in total. The maximum atomic E-state index is 12.4. The van der Waals surface area contributed by atoms with E-state index in [1.807, 2.05) is 7.05 Å². The molecule has 0 aliphatic carbocycles. The molecule has 1 atom stereocenters. The second-order valence-electron chi connectivity index (χ2n) is 5.43. The van der Waals surface area contributed by atoms with E-state index in [9.17, 15) is 8.42 Å². The molecule has 1 N–H and O–H groups in total. The van der Waals surface area contributed by atoms with Crippen LogP contribution in [-0.4, -0.2) is 52.7 Å². The van der Waals surface area contributed by atoms with Gasteiger partial charge in [0.2, 0.25) is 10.0 Å². The van der Waals surface area contributed by atoms with Crippen molar-refractivity contribution in [1.29, 1.82) is 0 Å². The highest BCUT2D eigenvalue weighted by Crippen LogP contribution is 2.32. The lowest BCUT2D eigenvalue weighted by Gasteiger charge is -2.21. The molecule has 1 saturated heterocycles. The Balaban J connectivity index is 1.72. The van der Waals surface area contributed by atoms with Gasteiger partial charge in [-0.15, -0.1) is 0 Å². The van der Waals surface area contributed by atoms with E-state index < -0.39 is 10.0 Å². The molecule has 116 valence electrons. The van der Waals surface area contributed by atoms with E-state index in [-0.39, 0.29) is 10.9 Å². The van der Waals surface area contributed by atoms with Crippen LogP contribution >= 0.6 is 0 Å². The minimum atomic E-state index is -3.52. The standard InChI is InChI=1S/C14H20N2O4S/c1-16-6-2-3-11(16)10-15-21(17,18)12-4-5-13-14(9-12)20-8-7-19-13/h4-5,9,11,15H,2-3,6-8,10H2,1H3. The maximum absolute atomic E-state index is 12.4. The predicted molar refractivity (Wildman–Crippen MR) is 78.3 cm³/mol. The van der Waals surface area contributed by atoms with Gasteiger partial charge in [0.25, 0.3) is 0 Å². The number of likely N-dealkylation sites (N-methyl/N-ethyl adjacent to an activating group) is 1. The van der Waals surface area contributed by atoms with E-state index in [0.29, 0.717) is 31.3 Å². The summed E-state index contributed by atoms with van der Waals surface area (Å²) in [6.45, 7) is 2.39. The van der Waals surface area contributed by atoms with Crippen LogP contribution in [0.1, 0.15) is 12.8 Å². The minimum Gasteiger partial charge on any atom is -0.486 e. The quantitative estimate of drug-likeness (QED) is 0.892. The van der Waals surface area contributed by atoms with Gasteiger partial charge in [-0.1, -0.05) is 0 Å². The summed E-state index contributed by atoms with van der Waals surface area (Å²) in [5.74, 6) is 1.08. The van der Waals surface area contributed by atoms with Gasteiger partial charge in [-0.2, -0.15) is 0 Å². The number of hydrogen-bond donors (Lipinski definition) is 1. The van der Waals surface area contributed by atoms with Crippen LogP contribution in [0.2, 0.25) is 0 Å². The van der Waals surface area contributed by atoms with Crippen molar-refractivity contribution in [2.75, 3.05) is 33.4 Å². The minimum absolute atomic E-state index is 0.215. The first-order valence-electron chi connectivity index (χ1n) is 7.16. The fraction of sp³-hybridized carbons (Fsp3) is 0.571. The summed E-state index contributed by atoms with van der Waals surface area (Å²) >= 11 is 0. The average molecular weight is 312 g/mol. The second kappa shape index (κ2) is 5.82. The number of nitrogens with zero attached hydrogens (tertiary/aromatic N) is 1. The van der Waals surface area contributed by atoms with Gasteiger partial charge in [-0.3, -0.25) is 0 Å². The normalized spacial score (nSPS) is 22.4. The molecule has 2 aliphatic rings. The van der Waals surface area contributed by atoms with E-state index in [1.165, 1.54) is 6.07 Å². The predicted octanol–water partition coefficient (Wildman–Crippen LogP) is 0.830. The maximum Gasteiger partial charge on any atom is 0.240 e. The zero-order chi connectivity index (χ0) is 14.9. The third-order valence-corrected chi connectivity index (χ3v) is 5.43. The number of benzene rings is 1. The largest absolute Gasteiger partial charge is 0.486 e. The van der Waals surface area contributed by atoms with Crippen molar-refractivity contribution in [2.45, 2.75) is 23.8 Å². The lowest BCUT2D eigenvalue weighted by atomic mass is 10.2. The van der Waals surface area contributed by atoms with Crippen LogP contribution in [0, 0.1) is 0 Å². The molecule has 0 radical (unpaired) electrons. The second-order valence-corrected chi connectivity index (χ2v) is 7.20. The molecular formula is C14H20N2O4S. The lowest BCUT2D eigenvalue weighted by molar-refractivity contribution is 0.171. The van der Waals surface area contributed by atoms with Gasteiger partial charge in [0, 0.05) is 18.7 Å². The highest BCUT2D eigenvalue weighted by atomic mass is 32.2. The molecule has 2 heterocycles. The Labute approximate surface area is 125 Å². The zero-order valence-electron chi connectivity index (χ0n) is 12.0. The molecule has 0 bridgehead atoms. The Morgan fingerprint density at radius 1 is 1.29 bits per heavy atom. The van der Waals surface area contributed by atoms with Crippen LogP contribution < -0.4 is 14.2 Å². The van der Waals surface area contributed by atoms with Gasteiger partial charge in [0.15, 0.2) is 11.5 Å². The summed E-state index contributed by atoms with van der Waals surface area (Å²) in [6.07, 6.45) is 2.15. The number of fused-ring (bicyclic) bond motifs is 1. The molecule has 21 heavy (non-hydrogen) atoms. The molecule has 0 aromatic heterocycles. The monoisotopic (exact) mass is 312 g/mol. The number of ether oxygens (including phenoxy) is 2. The summed E-state index contributed by atoms with van der Waals surface area (Å²) in [6, 6.07) is 4.99. The number of nitrogens with one attached hydrogen (secondary N) is 1. The highest BCUT2D eigenvalue weighted by molar-refractivity contribution is 7.89. The van der Waals surface area contributed by atoms with Crippen molar-refractivity contribution >= 4 is 10.0 Å². The van der Waals surface area contributed by atoms with E-state index in [4.69, 9.17) is 9.47 Å². The molecule has 0 spiro atoms. The van der Waals surface area contributed by atoms with Crippen molar-refractivity contribution in [2.24, 2.45) is 0 Å². The Morgan fingerprint density at radius 2 is 2.05 bits per heavy atom. The molecule has 1 aromatic rings. The topological polar surface area (TPSA) is 67.9 Å². The zero-order valence-corrected chi connectivity index (χ0v) is 12.9. The molecule has 2 aliphatic heterocycles. The molecule has 1 aromatic carbocycles. The highest BCUT2D eigenvalue weighted by Gasteiger charge is 2.24. The first-order chi connectivity index (χ1) is 10.1. The average Bonchev–Trinajstić information content (AvgIpc) is 2.90. The van der Waals surface area contributed by atoms with Crippen molar-refractivity contribution in [3.63, 3.8) is 0 Å². The first-order valence-corrected chi connectivity index (χ1v) is 8.64. The number of likely N-dealkylation sites (tertiary alicyclic amines) is 1. The van der Waals surface area contributed by atoms with Gasteiger partial charge < -0.3 is 14.4 Å². The fourth-order valence-electron chi connectivity index (χ4n) is 2.72. The van der Waals surface area contributed by atoms with Crippen LogP contribution in [0.5, 0.6) is 11.5 Å². The smallest absolute Gasteiger partial charge is 0.240 e. The molecule has 0 amide bonds. The molecule has 7 heteroatoms. The molecular weight excluding hydrogens is 292 g/mol. The van der Waals surface area contributed by atoms with E-state index in [1.54, 1.807) is 12.1 Å². The van der Waals surface area contributed by atoms with E-state index in [2.05, 4.69) is 9.62 Å². The van der Waals surface area contributed by atoms with Crippen molar-refractivity contribution in [1.82, 2.24) is 9.62 Å². The first kappa shape index (κ1) is 14.6. The lowest BCUT2D eigenvalue weighted by Crippen LogP contribution is -2.38. The fourth-order valence-corrected chi connectivity index (χ4v) is 3.81. The van der Waals surface area contributed by atoms with Crippen molar-refractivity contribution < 1.29 is 17.9 Å². The number of sulfonamides is 1. The number of hydrogen-bond acceptors (Lipinski definition) is 5. The molecule has 1 unspecified atom stereocenters. The van der Waals surface area contributed by atoms with Crippen LogP contribution in [0.15, 0.2) is 23.1 Å². The van der Waals surface area contributed by atoms with Crippen LogP contribution in [0.4, 0.5) is 0 Å². The third kappa shape index (κ3) is 3.14. The van der Waals surface area contributed by atoms with Crippen molar-refractivity contribution in [3.05, 3.63) is 18.2 Å². The summed E-state index contributed by atoms with van der Waals surface area (Å²) < 4.78 is 38.2. The summed E-state index contributed by atoms with van der Waals surface area (Å²) in [5.41, 5.74) is 0. The van der Waals surface area contributed by atoms with Gasteiger partial charge in [-0.25, -0.2) is 13.1 Å². The summed E-state index contributed by atoms with van der Waals surface area (Å²) in [5, 5.41) is 0. The molecule has 0 saturated carbocycles. The summed E-state index contributed by atoms with van der Waals surface area (Å²) in [4.78, 5) is 2.40. The van der Waals surface area contributed by atoms with E-state index in [0.717, 1.165) is 19.4 Å². The van der Waals surface area contributed by atoms with Crippen LogP contribution in [0.25, 0.3) is 0 Å². The van der Waals surface area contributed by atoms with Gasteiger partial charge in [0.05, 0.1) is 4.90 Å². The summed E-state index contributed by atoms with van der Waals surface area (Å²) in [7, 11) is -1.49. The Hall–Kier alpha value is -1.31. The van der Waals surface area contributed by atoms with E-state index >= 15 is 0 Å². The Bertz CT molecular complexity index is 617. The Morgan fingerprint density at radius 3 is 2.76 bits per heavy atom. The molecule has 1 fully saturated rings. The van der Waals surface area contributed by atoms with Crippen LogP contribution in [-0.2, 0) is 10.0 Å². The molecule has 3 rings (SSSR count). The van der Waals surface area contributed by atoms with Gasteiger partial charge in [-0.05, 0) is 38.6 Å². The number of rotatable bonds is 4. The van der Waals surface area contributed by atoms with Gasteiger partial charge >= 0.3 is 0 Å². The SMILES string of the molecule is CN1CCCC1CNS(=O)(=O)c1ccc2c(c1)OCCO2. The van der Waals surface area contributed by atoms with Crippen LogP contribution in [0.3, 0.4) is 0 Å². The Kier molecular flexibility index (Phi) is 4.05. The van der Waals surface area contributed by atoms with Gasteiger partial charge in [0.1, 0.15) is 13.2 Å².